The number of aryl methyl sites for hydroxylation is 1. The van der Waals surface area contributed by atoms with Crippen LogP contribution in [0, 0.1) is 6.92 Å². The lowest BCUT2D eigenvalue weighted by Crippen LogP contribution is -2.26. The normalized spacial score (nSPS) is 19.2. The van der Waals surface area contributed by atoms with Gasteiger partial charge in [-0.2, -0.15) is 0 Å². The average molecular weight is 201 g/mol. The molecule has 0 bridgehead atoms. The van der Waals surface area contributed by atoms with Gasteiger partial charge in [0.05, 0.1) is 5.69 Å². The van der Waals surface area contributed by atoms with E-state index in [0.29, 0.717) is 11.1 Å². The van der Waals surface area contributed by atoms with Crippen LogP contribution in [0.1, 0.15) is 30.3 Å². The molecule has 0 radical (unpaired) electrons. The minimum Gasteiger partial charge on any atom is -0.429 e. The van der Waals surface area contributed by atoms with Crippen molar-refractivity contribution in [2.45, 2.75) is 25.7 Å². The van der Waals surface area contributed by atoms with Crippen LogP contribution < -0.4 is 5.32 Å². The molecule has 1 aliphatic heterocycles. The Hall–Kier alpha value is -0.540. The Morgan fingerprint density at radius 1 is 1.46 bits per heavy atom. The number of nitrogens with one attached hydrogen (secondary N) is 1. The molecule has 0 atom stereocenters. The summed E-state index contributed by atoms with van der Waals surface area (Å²) in [4.78, 5) is 4.31. The summed E-state index contributed by atoms with van der Waals surface area (Å²) in [6.45, 7) is 3.96. The lowest BCUT2D eigenvalue weighted by atomic mass is 9.98. The molecule has 0 aliphatic carbocycles. The molecule has 0 spiro atoms. The highest BCUT2D eigenvalue weighted by Crippen LogP contribution is 2.27. The SMILES string of the molecule is Cc1nc(C2CCNCC2)oc1Cl. The number of hydrogen-bond acceptors (Lipinski definition) is 3. The van der Waals surface area contributed by atoms with Crippen molar-refractivity contribution in [2.75, 3.05) is 13.1 Å². The highest BCUT2D eigenvalue weighted by Gasteiger charge is 2.20. The Morgan fingerprint density at radius 2 is 2.15 bits per heavy atom. The van der Waals surface area contributed by atoms with Gasteiger partial charge in [0.25, 0.3) is 0 Å². The zero-order valence-electron chi connectivity index (χ0n) is 7.64. The Bertz CT molecular complexity index is 272. The van der Waals surface area contributed by atoms with E-state index in [2.05, 4.69) is 10.3 Å². The molecule has 1 aromatic heterocycles. The minimum atomic E-state index is 0.438. The number of hydrogen-bond donors (Lipinski definition) is 1. The van der Waals surface area contributed by atoms with Crippen molar-refractivity contribution in [3.05, 3.63) is 16.8 Å². The van der Waals surface area contributed by atoms with E-state index in [9.17, 15) is 0 Å². The van der Waals surface area contributed by atoms with Gasteiger partial charge in [-0.1, -0.05) is 0 Å². The Balaban J connectivity index is 2.14. The van der Waals surface area contributed by atoms with Crippen molar-refractivity contribution in [1.29, 1.82) is 0 Å². The number of rotatable bonds is 1. The summed E-state index contributed by atoms with van der Waals surface area (Å²) >= 11 is 5.80. The van der Waals surface area contributed by atoms with Gasteiger partial charge >= 0.3 is 0 Å². The predicted molar refractivity (Wildman–Crippen MR) is 51.1 cm³/mol. The third kappa shape index (κ3) is 1.86. The molecular formula is C9H13ClN2O. The molecule has 1 N–H and O–H groups in total. The van der Waals surface area contributed by atoms with Crippen LogP contribution in [-0.2, 0) is 0 Å². The molecule has 1 fully saturated rings. The second-order valence-electron chi connectivity index (χ2n) is 3.44. The van der Waals surface area contributed by atoms with Crippen molar-refractivity contribution in [2.24, 2.45) is 0 Å². The van der Waals surface area contributed by atoms with E-state index in [1.807, 2.05) is 6.92 Å². The molecule has 0 unspecified atom stereocenters. The van der Waals surface area contributed by atoms with E-state index < -0.39 is 0 Å². The van der Waals surface area contributed by atoms with Crippen molar-refractivity contribution in [3.63, 3.8) is 0 Å². The van der Waals surface area contributed by atoms with Gasteiger partial charge in [0.2, 0.25) is 5.22 Å². The third-order valence-corrected chi connectivity index (χ3v) is 2.80. The van der Waals surface area contributed by atoms with Crippen LogP contribution in [0.15, 0.2) is 4.42 Å². The van der Waals surface area contributed by atoms with Gasteiger partial charge in [-0.25, -0.2) is 4.98 Å². The lowest BCUT2D eigenvalue weighted by molar-refractivity contribution is 0.375. The largest absolute Gasteiger partial charge is 0.429 e. The molecule has 1 aliphatic rings. The maximum atomic E-state index is 5.80. The minimum absolute atomic E-state index is 0.438. The summed E-state index contributed by atoms with van der Waals surface area (Å²) in [6, 6.07) is 0. The Kier molecular flexibility index (Phi) is 2.56. The van der Waals surface area contributed by atoms with E-state index in [-0.39, 0.29) is 0 Å². The predicted octanol–water partition coefficient (Wildman–Crippen LogP) is 2.10. The summed E-state index contributed by atoms with van der Waals surface area (Å²) < 4.78 is 5.38. The number of oxazole rings is 1. The molecule has 0 aromatic carbocycles. The highest BCUT2D eigenvalue weighted by atomic mass is 35.5. The quantitative estimate of drug-likeness (QED) is 0.755. The first-order valence-electron chi connectivity index (χ1n) is 4.61. The van der Waals surface area contributed by atoms with Crippen molar-refractivity contribution < 1.29 is 4.42 Å². The highest BCUT2D eigenvalue weighted by molar-refractivity contribution is 6.29. The van der Waals surface area contributed by atoms with Crippen molar-refractivity contribution in [3.8, 4) is 0 Å². The summed E-state index contributed by atoms with van der Waals surface area (Å²) in [6.07, 6.45) is 2.19. The van der Waals surface area contributed by atoms with Crippen LogP contribution in [-0.4, -0.2) is 18.1 Å². The maximum absolute atomic E-state index is 5.80. The third-order valence-electron chi connectivity index (χ3n) is 2.44. The van der Waals surface area contributed by atoms with Gasteiger partial charge in [0.1, 0.15) is 0 Å². The topological polar surface area (TPSA) is 38.1 Å². The van der Waals surface area contributed by atoms with Crippen LogP contribution in [0.4, 0.5) is 0 Å². The molecule has 3 nitrogen and oxygen atoms in total. The number of piperidine rings is 1. The lowest BCUT2D eigenvalue weighted by Gasteiger charge is -2.19. The molecule has 2 heterocycles. The zero-order chi connectivity index (χ0) is 9.26. The summed E-state index contributed by atoms with van der Waals surface area (Å²) in [5.41, 5.74) is 0.801. The molecule has 72 valence electrons. The zero-order valence-corrected chi connectivity index (χ0v) is 8.40. The van der Waals surface area contributed by atoms with E-state index in [0.717, 1.165) is 37.5 Å². The van der Waals surface area contributed by atoms with E-state index in [1.54, 1.807) is 0 Å². The standard InChI is InChI=1S/C9H13ClN2O/c1-6-8(10)13-9(12-6)7-2-4-11-5-3-7/h7,11H,2-5H2,1H3. The van der Waals surface area contributed by atoms with E-state index in [4.69, 9.17) is 16.0 Å². The van der Waals surface area contributed by atoms with Crippen LogP contribution in [0.5, 0.6) is 0 Å². The summed E-state index contributed by atoms with van der Waals surface area (Å²) in [7, 11) is 0. The molecule has 1 saturated heterocycles. The average Bonchev–Trinajstić information content (AvgIpc) is 2.49. The Morgan fingerprint density at radius 3 is 2.69 bits per heavy atom. The van der Waals surface area contributed by atoms with Crippen LogP contribution in [0.2, 0.25) is 5.22 Å². The van der Waals surface area contributed by atoms with Crippen molar-refractivity contribution in [1.82, 2.24) is 10.3 Å². The summed E-state index contributed by atoms with van der Waals surface area (Å²) in [5, 5.41) is 3.74. The van der Waals surface area contributed by atoms with Gasteiger partial charge in [0.15, 0.2) is 5.89 Å². The molecular weight excluding hydrogens is 188 g/mol. The fourth-order valence-corrected chi connectivity index (χ4v) is 1.76. The van der Waals surface area contributed by atoms with Gasteiger partial charge < -0.3 is 9.73 Å². The second kappa shape index (κ2) is 3.68. The monoisotopic (exact) mass is 200 g/mol. The van der Waals surface area contributed by atoms with Crippen LogP contribution in [0.25, 0.3) is 0 Å². The number of nitrogens with zero attached hydrogens (tertiary/aromatic N) is 1. The molecule has 1 aromatic rings. The van der Waals surface area contributed by atoms with Gasteiger partial charge in [0, 0.05) is 5.92 Å². The molecule has 0 amide bonds. The van der Waals surface area contributed by atoms with Crippen LogP contribution in [0.3, 0.4) is 0 Å². The molecule has 0 saturated carbocycles. The van der Waals surface area contributed by atoms with Gasteiger partial charge in [-0.05, 0) is 44.5 Å². The Labute approximate surface area is 82.5 Å². The first kappa shape index (κ1) is 9.03. The molecule has 2 rings (SSSR count). The van der Waals surface area contributed by atoms with E-state index in [1.165, 1.54) is 0 Å². The first-order chi connectivity index (χ1) is 6.27. The fraction of sp³-hybridized carbons (Fsp3) is 0.667. The van der Waals surface area contributed by atoms with Gasteiger partial charge in [-0.3, -0.25) is 0 Å². The number of halogens is 1. The molecule has 13 heavy (non-hydrogen) atoms. The first-order valence-corrected chi connectivity index (χ1v) is 4.98. The van der Waals surface area contributed by atoms with Crippen molar-refractivity contribution >= 4 is 11.6 Å². The number of aromatic nitrogens is 1. The maximum Gasteiger partial charge on any atom is 0.216 e. The van der Waals surface area contributed by atoms with E-state index >= 15 is 0 Å². The smallest absolute Gasteiger partial charge is 0.216 e. The summed E-state index contributed by atoms with van der Waals surface area (Å²) in [5.74, 6) is 1.26. The second-order valence-corrected chi connectivity index (χ2v) is 3.78. The fourth-order valence-electron chi connectivity index (χ4n) is 1.64. The van der Waals surface area contributed by atoms with Crippen LogP contribution >= 0.6 is 11.6 Å². The molecule has 4 heteroatoms. The van der Waals surface area contributed by atoms with Gasteiger partial charge in [-0.15, -0.1) is 0 Å².